The van der Waals surface area contributed by atoms with Gasteiger partial charge in [0.25, 0.3) is 0 Å². The van der Waals surface area contributed by atoms with Gasteiger partial charge in [-0.2, -0.15) is 0 Å². The lowest BCUT2D eigenvalue weighted by atomic mass is 9.99. The Bertz CT molecular complexity index is 1690. The van der Waals surface area contributed by atoms with E-state index in [4.69, 9.17) is 13.9 Å². The standard InChI is InChI=1S/C34H31NO6/c1-2-3-19-39-34(38)35-21-26(20-30(35)33(36)37)40-25-17-15-23(16-18-25)22-11-13-24(14-12-22)27-8-6-9-29-28-7-4-5-10-31(28)41-32(27)29/h4-18,26,30H,2-3,19-21H2,1H3,(H,36,37)/t26?,30-/m0/s1. The van der Waals surface area contributed by atoms with Crippen LogP contribution in [0, 0.1) is 0 Å². The number of carbonyl (C=O) groups is 2. The fraction of sp³-hybridized carbons (Fsp3) is 0.235. The maximum atomic E-state index is 12.4. The summed E-state index contributed by atoms with van der Waals surface area (Å²) in [6, 6.07) is 29.4. The number of fused-ring (bicyclic) bond motifs is 3. The molecule has 1 saturated heterocycles. The number of hydrogen-bond acceptors (Lipinski definition) is 5. The van der Waals surface area contributed by atoms with Gasteiger partial charge in [-0.25, -0.2) is 9.59 Å². The first-order valence-corrected chi connectivity index (χ1v) is 14.0. The molecule has 0 bridgehead atoms. The van der Waals surface area contributed by atoms with Crippen molar-refractivity contribution in [2.45, 2.75) is 38.3 Å². The zero-order valence-electron chi connectivity index (χ0n) is 22.8. The third-order valence-corrected chi connectivity index (χ3v) is 7.60. The Morgan fingerprint density at radius 2 is 1.56 bits per heavy atom. The Hall–Kier alpha value is -4.78. The maximum Gasteiger partial charge on any atom is 0.410 e. The van der Waals surface area contributed by atoms with Crippen LogP contribution in [-0.4, -0.2) is 47.4 Å². The van der Waals surface area contributed by atoms with E-state index in [1.54, 1.807) is 0 Å². The average molecular weight is 550 g/mol. The Morgan fingerprint density at radius 3 is 2.29 bits per heavy atom. The second kappa shape index (κ2) is 11.4. The van der Waals surface area contributed by atoms with E-state index in [0.717, 1.165) is 57.0 Å². The molecule has 0 saturated carbocycles. The van der Waals surface area contributed by atoms with Gasteiger partial charge in [-0.15, -0.1) is 0 Å². The number of carbonyl (C=O) groups excluding carboxylic acids is 1. The molecule has 1 aliphatic heterocycles. The maximum absolute atomic E-state index is 12.4. The van der Waals surface area contributed by atoms with E-state index < -0.39 is 24.2 Å². The Labute approximate surface area is 237 Å². The second-order valence-electron chi connectivity index (χ2n) is 10.3. The van der Waals surface area contributed by atoms with Crippen molar-refractivity contribution in [2.75, 3.05) is 13.2 Å². The smallest absolute Gasteiger partial charge is 0.410 e. The van der Waals surface area contributed by atoms with E-state index >= 15 is 0 Å². The number of furan rings is 1. The first kappa shape index (κ1) is 26.4. The molecule has 0 radical (unpaired) electrons. The zero-order chi connectivity index (χ0) is 28.3. The number of nitrogens with zero attached hydrogens (tertiary/aromatic N) is 1. The lowest BCUT2D eigenvalue weighted by Gasteiger charge is -2.20. The number of carboxylic acids is 1. The first-order chi connectivity index (χ1) is 20.0. The highest BCUT2D eigenvalue weighted by molar-refractivity contribution is 6.09. The summed E-state index contributed by atoms with van der Waals surface area (Å²) < 4.78 is 17.5. The third-order valence-electron chi connectivity index (χ3n) is 7.60. The molecule has 5 aromatic rings. The third kappa shape index (κ3) is 5.35. The largest absolute Gasteiger partial charge is 0.488 e. The molecular formula is C34H31NO6. The lowest BCUT2D eigenvalue weighted by molar-refractivity contribution is -0.141. The molecule has 1 amide bonds. The van der Waals surface area contributed by atoms with E-state index in [0.29, 0.717) is 5.75 Å². The van der Waals surface area contributed by atoms with E-state index in [-0.39, 0.29) is 19.6 Å². The summed E-state index contributed by atoms with van der Waals surface area (Å²) >= 11 is 0. The molecule has 0 aliphatic carbocycles. The van der Waals surface area contributed by atoms with Crippen LogP contribution in [0.3, 0.4) is 0 Å². The summed E-state index contributed by atoms with van der Waals surface area (Å²) in [5, 5.41) is 11.8. The SMILES string of the molecule is CCCCOC(=O)N1CC(Oc2ccc(-c3ccc(-c4cccc5c4oc4ccccc45)cc3)cc2)C[C@H]1C(=O)O. The molecule has 41 heavy (non-hydrogen) atoms. The van der Waals surface area contributed by atoms with Crippen molar-refractivity contribution < 1.29 is 28.6 Å². The fourth-order valence-corrected chi connectivity index (χ4v) is 5.44. The molecule has 4 aromatic carbocycles. The first-order valence-electron chi connectivity index (χ1n) is 14.0. The van der Waals surface area contributed by atoms with Gasteiger partial charge in [0.15, 0.2) is 0 Å². The number of rotatable bonds is 8. The Kier molecular flexibility index (Phi) is 7.33. The summed E-state index contributed by atoms with van der Waals surface area (Å²) in [6.45, 7) is 2.45. The lowest BCUT2D eigenvalue weighted by Crippen LogP contribution is -2.41. The number of likely N-dealkylation sites (tertiary alicyclic amines) is 1. The summed E-state index contributed by atoms with van der Waals surface area (Å²) in [5.74, 6) is -0.434. The summed E-state index contributed by atoms with van der Waals surface area (Å²) in [4.78, 5) is 25.4. The summed E-state index contributed by atoms with van der Waals surface area (Å²) in [5.41, 5.74) is 5.97. The van der Waals surface area contributed by atoms with Crippen LogP contribution in [0.15, 0.2) is 95.4 Å². The number of unbranched alkanes of at least 4 members (excludes halogenated alkanes) is 1. The highest BCUT2D eigenvalue weighted by atomic mass is 16.6. The van der Waals surface area contributed by atoms with Crippen LogP contribution in [0.5, 0.6) is 5.75 Å². The van der Waals surface area contributed by atoms with Gasteiger partial charge < -0.3 is 19.0 Å². The molecule has 7 nitrogen and oxygen atoms in total. The fourth-order valence-electron chi connectivity index (χ4n) is 5.44. The molecule has 2 heterocycles. The molecule has 7 heteroatoms. The van der Waals surface area contributed by atoms with Crippen LogP contribution in [-0.2, 0) is 9.53 Å². The van der Waals surface area contributed by atoms with E-state index in [2.05, 4.69) is 48.5 Å². The van der Waals surface area contributed by atoms with Gasteiger partial charge >= 0.3 is 12.1 Å². The van der Waals surface area contributed by atoms with Gasteiger partial charge in [-0.1, -0.05) is 86.1 Å². The molecule has 0 spiro atoms. The van der Waals surface area contributed by atoms with Crippen LogP contribution < -0.4 is 4.74 Å². The normalized spacial score (nSPS) is 16.8. The number of ether oxygens (including phenoxy) is 2. The van der Waals surface area contributed by atoms with Crippen molar-refractivity contribution in [1.29, 1.82) is 0 Å². The van der Waals surface area contributed by atoms with Crippen LogP contribution in [0.2, 0.25) is 0 Å². The van der Waals surface area contributed by atoms with Crippen molar-refractivity contribution in [3.8, 4) is 28.0 Å². The van der Waals surface area contributed by atoms with Crippen molar-refractivity contribution in [2.24, 2.45) is 0 Å². The zero-order valence-corrected chi connectivity index (χ0v) is 22.8. The topological polar surface area (TPSA) is 89.2 Å². The van der Waals surface area contributed by atoms with Crippen molar-refractivity contribution in [1.82, 2.24) is 4.90 Å². The predicted octanol–water partition coefficient (Wildman–Crippen LogP) is 7.76. The number of aliphatic carboxylic acids is 1. The van der Waals surface area contributed by atoms with Gasteiger partial charge in [0.05, 0.1) is 13.2 Å². The number of amides is 1. The minimum atomic E-state index is -1.06. The van der Waals surface area contributed by atoms with Crippen LogP contribution >= 0.6 is 0 Å². The number of hydrogen-bond donors (Lipinski definition) is 1. The van der Waals surface area contributed by atoms with E-state index in [1.165, 1.54) is 4.90 Å². The van der Waals surface area contributed by atoms with E-state index in [9.17, 15) is 14.7 Å². The van der Waals surface area contributed by atoms with Crippen molar-refractivity contribution >= 4 is 34.0 Å². The molecular weight excluding hydrogens is 518 g/mol. The number of para-hydroxylation sites is 2. The molecule has 6 rings (SSSR count). The van der Waals surface area contributed by atoms with Gasteiger partial charge in [0, 0.05) is 22.8 Å². The van der Waals surface area contributed by atoms with Crippen LogP contribution in [0.25, 0.3) is 44.2 Å². The van der Waals surface area contributed by atoms with Gasteiger partial charge in [0.1, 0.15) is 29.1 Å². The minimum Gasteiger partial charge on any atom is -0.488 e. The molecule has 208 valence electrons. The Morgan fingerprint density at radius 1 is 0.878 bits per heavy atom. The van der Waals surface area contributed by atoms with Crippen LogP contribution in [0.1, 0.15) is 26.2 Å². The van der Waals surface area contributed by atoms with Gasteiger partial charge in [-0.05, 0) is 41.3 Å². The quantitative estimate of drug-likeness (QED) is 0.199. The summed E-state index contributed by atoms with van der Waals surface area (Å²) in [7, 11) is 0. The molecule has 1 aromatic heterocycles. The van der Waals surface area contributed by atoms with Crippen LogP contribution in [0.4, 0.5) is 4.79 Å². The molecule has 1 aliphatic rings. The highest BCUT2D eigenvalue weighted by Gasteiger charge is 2.41. The second-order valence-corrected chi connectivity index (χ2v) is 10.3. The minimum absolute atomic E-state index is 0.170. The van der Waals surface area contributed by atoms with E-state index in [1.807, 2.05) is 49.4 Å². The average Bonchev–Trinajstić information content (AvgIpc) is 3.60. The number of benzene rings is 4. The molecule has 1 fully saturated rings. The Balaban J connectivity index is 1.14. The summed E-state index contributed by atoms with van der Waals surface area (Å²) in [6.07, 6.45) is 0.803. The molecule has 1 unspecified atom stereocenters. The van der Waals surface area contributed by atoms with Gasteiger partial charge in [-0.3, -0.25) is 4.90 Å². The monoisotopic (exact) mass is 549 g/mol. The predicted molar refractivity (Wildman–Crippen MR) is 158 cm³/mol. The molecule has 2 atom stereocenters. The van der Waals surface area contributed by atoms with Crippen molar-refractivity contribution in [3.05, 3.63) is 91.0 Å². The highest BCUT2D eigenvalue weighted by Crippen LogP contribution is 2.36. The molecule has 1 N–H and O–H groups in total. The van der Waals surface area contributed by atoms with Crippen molar-refractivity contribution in [3.63, 3.8) is 0 Å². The number of carboxylic acid groups (broad SMARTS) is 1. The van der Waals surface area contributed by atoms with Gasteiger partial charge in [0.2, 0.25) is 0 Å².